The van der Waals surface area contributed by atoms with Crippen LogP contribution in [0.1, 0.15) is 58.0 Å². The lowest BCUT2D eigenvalue weighted by molar-refractivity contribution is 0.0952. The molecular weight excluding hydrogens is 314 g/mol. The minimum absolute atomic E-state index is 0.204. The summed E-state index contributed by atoms with van der Waals surface area (Å²) in [5, 5.41) is 5.74. The Kier molecular flexibility index (Phi) is 6.69. The number of hydrogen-bond acceptors (Lipinski definition) is 3. The fourth-order valence-corrected chi connectivity index (χ4v) is 2.45. The monoisotopic (exact) mass is 339 g/mol. The van der Waals surface area contributed by atoms with E-state index in [-0.39, 0.29) is 11.8 Å². The van der Waals surface area contributed by atoms with Crippen LogP contribution in [0.15, 0.2) is 36.7 Å². The minimum atomic E-state index is -0.276. The molecule has 2 amide bonds. The van der Waals surface area contributed by atoms with Crippen LogP contribution < -0.4 is 10.6 Å². The molecule has 0 radical (unpaired) electrons. The van der Waals surface area contributed by atoms with Crippen molar-refractivity contribution in [3.05, 3.63) is 58.9 Å². The highest BCUT2D eigenvalue weighted by Gasteiger charge is 2.12. The van der Waals surface area contributed by atoms with Gasteiger partial charge in [-0.1, -0.05) is 31.9 Å². The van der Waals surface area contributed by atoms with Gasteiger partial charge in [0.15, 0.2) is 0 Å². The van der Waals surface area contributed by atoms with Gasteiger partial charge in [0, 0.05) is 24.6 Å². The molecule has 5 nitrogen and oxygen atoms in total. The van der Waals surface area contributed by atoms with E-state index < -0.39 is 0 Å². The number of nitrogens with zero attached hydrogens (tertiary/aromatic N) is 1. The molecule has 0 unspecified atom stereocenters. The summed E-state index contributed by atoms with van der Waals surface area (Å²) in [5.41, 5.74) is 3.65. The Bertz CT molecular complexity index is 756. The van der Waals surface area contributed by atoms with E-state index in [1.54, 1.807) is 6.07 Å². The van der Waals surface area contributed by atoms with Crippen molar-refractivity contribution in [2.75, 3.05) is 11.9 Å². The van der Waals surface area contributed by atoms with E-state index >= 15 is 0 Å². The molecule has 0 fully saturated rings. The standard InChI is InChI=1S/C20H25N3O2/c1-4-5-6-10-22-19(24)16-11-17(13-21-12-16)20(25)23-18-9-7-8-14(2)15(18)3/h7-9,11-13H,4-6,10H2,1-3H3,(H,22,24)(H,23,25). The summed E-state index contributed by atoms with van der Waals surface area (Å²) in [6.07, 6.45) is 6.07. The molecule has 1 aromatic heterocycles. The van der Waals surface area contributed by atoms with Gasteiger partial charge in [0.2, 0.25) is 0 Å². The van der Waals surface area contributed by atoms with Crippen molar-refractivity contribution in [3.8, 4) is 0 Å². The molecule has 0 aliphatic carbocycles. The van der Waals surface area contributed by atoms with Crippen LogP contribution in [0.4, 0.5) is 5.69 Å². The molecule has 0 aliphatic rings. The number of nitrogens with one attached hydrogen (secondary N) is 2. The SMILES string of the molecule is CCCCCNC(=O)c1cncc(C(=O)Nc2cccc(C)c2C)c1. The average Bonchev–Trinajstić information content (AvgIpc) is 2.62. The number of hydrogen-bond donors (Lipinski definition) is 2. The third-order valence-corrected chi connectivity index (χ3v) is 4.18. The molecule has 0 aliphatic heterocycles. The maximum atomic E-state index is 12.5. The third kappa shape index (κ3) is 5.14. The number of benzene rings is 1. The van der Waals surface area contributed by atoms with Crippen molar-refractivity contribution < 1.29 is 9.59 Å². The quantitative estimate of drug-likeness (QED) is 0.752. The minimum Gasteiger partial charge on any atom is -0.352 e. The van der Waals surface area contributed by atoms with E-state index in [2.05, 4.69) is 22.5 Å². The van der Waals surface area contributed by atoms with E-state index in [1.807, 2.05) is 32.0 Å². The zero-order valence-electron chi connectivity index (χ0n) is 15.1. The Hall–Kier alpha value is -2.69. The smallest absolute Gasteiger partial charge is 0.257 e. The first-order valence-corrected chi connectivity index (χ1v) is 8.63. The number of aromatic nitrogens is 1. The van der Waals surface area contributed by atoms with Crippen molar-refractivity contribution in [1.29, 1.82) is 0 Å². The Morgan fingerprint density at radius 1 is 1.04 bits per heavy atom. The van der Waals surface area contributed by atoms with Gasteiger partial charge < -0.3 is 10.6 Å². The van der Waals surface area contributed by atoms with Gasteiger partial charge >= 0.3 is 0 Å². The van der Waals surface area contributed by atoms with Crippen LogP contribution in [0.2, 0.25) is 0 Å². The highest BCUT2D eigenvalue weighted by molar-refractivity contribution is 6.06. The maximum absolute atomic E-state index is 12.5. The Morgan fingerprint density at radius 3 is 2.48 bits per heavy atom. The van der Waals surface area contributed by atoms with Crippen LogP contribution in [-0.2, 0) is 0 Å². The molecule has 2 aromatic rings. The molecule has 25 heavy (non-hydrogen) atoms. The molecule has 0 bridgehead atoms. The number of carbonyl (C=O) groups is 2. The number of carbonyl (C=O) groups excluding carboxylic acids is 2. The summed E-state index contributed by atoms with van der Waals surface area (Å²) in [6, 6.07) is 7.33. The lowest BCUT2D eigenvalue weighted by Gasteiger charge is -2.11. The number of anilines is 1. The van der Waals surface area contributed by atoms with Gasteiger partial charge in [-0.05, 0) is 43.5 Å². The first kappa shape index (κ1) is 18.6. The zero-order valence-corrected chi connectivity index (χ0v) is 15.1. The maximum Gasteiger partial charge on any atom is 0.257 e. The van der Waals surface area contributed by atoms with Gasteiger partial charge in [-0.2, -0.15) is 0 Å². The molecule has 0 atom stereocenters. The van der Waals surface area contributed by atoms with E-state index in [0.717, 1.165) is 36.1 Å². The van der Waals surface area contributed by atoms with Gasteiger partial charge in [0.1, 0.15) is 0 Å². The van der Waals surface area contributed by atoms with E-state index in [0.29, 0.717) is 17.7 Å². The van der Waals surface area contributed by atoms with Crippen LogP contribution in [0.5, 0.6) is 0 Å². The lowest BCUT2D eigenvalue weighted by atomic mass is 10.1. The number of unbranched alkanes of at least 4 members (excludes halogenated alkanes) is 2. The lowest BCUT2D eigenvalue weighted by Crippen LogP contribution is -2.25. The van der Waals surface area contributed by atoms with Gasteiger partial charge in [-0.15, -0.1) is 0 Å². The summed E-state index contributed by atoms with van der Waals surface area (Å²) in [7, 11) is 0. The van der Waals surface area contributed by atoms with Gasteiger partial charge in [-0.3, -0.25) is 14.6 Å². The van der Waals surface area contributed by atoms with Crippen LogP contribution in [-0.4, -0.2) is 23.3 Å². The van der Waals surface area contributed by atoms with Crippen molar-refractivity contribution in [2.24, 2.45) is 0 Å². The molecule has 1 heterocycles. The Morgan fingerprint density at radius 2 is 1.76 bits per heavy atom. The molecule has 5 heteroatoms. The summed E-state index contributed by atoms with van der Waals surface area (Å²) in [6.45, 7) is 6.70. The molecular formula is C20H25N3O2. The molecule has 132 valence electrons. The highest BCUT2D eigenvalue weighted by Crippen LogP contribution is 2.19. The Labute approximate surface area is 148 Å². The molecule has 0 saturated heterocycles. The average molecular weight is 339 g/mol. The highest BCUT2D eigenvalue weighted by atomic mass is 16.2. The molecule has 1 aromatic carbocycles. The number of rotatable bonds is 7. The summed E-state index contributed by atoms with van der Waals surface area (Å²) in [4.78, 5) is 28.7. The fourth-order valence-electron chi connectivity index (χ4n) is 2.45. The first-order valence-electron chi connectivity index (χ1n) is 8.63. The van der Waals surface area contributed by atoms with Gasteiger partial charge in [-0.25, -0.2) is 0 Å². The number of amides is 2. The normalized spacial score (nSPS) is 10.4. The van der Waals surface area contributed by atoms with Crippen molar-refractivity contribution in [3.63, 3.8) is 0 Å². The van der Waals surface area contributed by atoms with Gasteiger partial charge in [0.05, 0.1) is 11.1 Å². The van der Waals surface area contributed by atoms with E-state index in [9.17, 15) is 9.59 Å². The molecule has 2 N–H and O–H groups in total. The number of pyridine rings is 1. The molecule has 0 spiro atoms. The van der Waals surface area contributed by atoms with Crippen LogP contribution in [0.3, 0.4) is 0 Å². The summed E-state index contributed by atoms with van der Waals surface area (Å²) < 4.78 is 0. The second-order valence-corrected chi connectivity index (χ2v) is 6.13. The summed E-state index contributed by atoms with van der Waals surface area (Å²) in [5.74, 6) is -0.480. The second kappa shape index (κ2) is 8.97. The van der Waals surface area contributed by atoms with E-state index in [1.165, 1.54) is 12.4 Å². The van der Waals surface area contributed by atoms with Crippen LogP contribution in [0, 0.1) is 13.8 Å². The van der Waals surface area contributed by atoms with Crippen LogP contribution >= 0.6 is 0 Å². The molecule has 2 rings (SSSR count). The van der Waals surface area contributed by atoms with Crippen molar-refractivity contribution in [2.45, 2.75) is 40.0 Å². The zero-order chi connectivity index (χ0) is 18.2. The predicted molar refractivity (Wildman–Crippen MR) is 100.0 cm³/mol. The summed E-state index contributed by atoms with van der Waals surface area (Å²) >= 11 is 0. The topological polar surface area (TPSA) is 71.1 Å². The van der Waals surface area contributed by atoms with Crippen LogP contribution in [0.25, 0.3) is 0 Å². The van der Waals surface area contributed by atoms with Gasteiger partial charge in [0.25, 0.3) is 11.8 Å². The first-order chi connectivity index (χ1) is 12.0. The van der Waals surface area contributed by atoms with Crippen molar-refractivity contribution in [1.82, 2.24) is 10.3 Å². The fraction of sp³-hybridized carbons (Fsp3) is 0.350. The largest absolute Gasteiger partial charge is 0.352 e. The number of aryl methyl sites for hydroxylation is 1. The second-order valence-electron chi connectivity index (χ2n) is 6.13. The van der Waals surface area contributed by atoms with E-state index in [4.69, 9.17) is 0 Å². The molecule has 0 saturated carbocycles. The third-order valence-electron chi connectivity index (χ3n) is 4.18. The predicted octanol–water partition coefficient (Wildman–Crippen LogP) is 3.87. The Balaban J connectivity index is 2.06. The van der Waals surface area contributed by atoms with Crippen molar-refractivity contribution >= 4 is 17.5 Å².